The molecule has 0 bridgehead atoms. The summed E-state index contributed by atoms with van der Waals surface area (Å²) >= 11 is 0. The number of esters is 1. The second-order valence-corrected chi connectivity index (χ2v) is 5.40. The first-order valence-electron chi connectivity index (χ1n) is 9.13. The number of hydrogen-bond acceptors (Lipinski definition) is 5. The molecule has 0 unspecified atom stereocenters. The number of ether oxygens (including phenoxy) is 2. The first kappa shape index (κ1) is 14.2. The number of nitrogens with two attached hydrogens (primary N) is 1. The Morgan fingerprint density at radius 2 is 2.18 bits per heavy atom. The Bertz CT molecular complexity index is 504. The number of carbonyl (C=O) groups excluding carboxylic acids is 2. The van der Waals surface area contributed by atoms with Crippen LogP contribution in [0, 0.1) is 0 Å². The van der Waals surface area contributed by atoms with Gasteiger partial charge < -0.3 is 20.5 Å². The minimum atomic E-state index is -2.35. The van der Waals surface area contributed by atoms with E-state index < -0.39 is 37.6 Å². The number of rotatable bonds is 7. The van der Waals surface area contributed by atoms with Crippen LogP contribution in [0.5, 0.6) is 0 Å². The zero-order valence-electron chi connectivity index (χ0n) is 16.4. The van der Waals surface area contributed by atoms with Gasteiger partial charge in [0.15, 0.2) is 0 Å². The van der Waals surface area contributed by atoms with Gasteiger partial charge in [0.25, 0.3) is 0 Å². The largest absolute Gasteiger partial charge is 0.463 e. The lowest BCUT2D eigenvalue weighted by Crippen LogP contribution is -2.57. The van der Waals surface area contributed by atoms with E-state index in [4.69, 9.17) is 19.3 Å². The third-order valence-electron chi connectivity index (χ3n) is 3.73. The van der Waals surface area contributed by atoms with Crippen LogP contribution in [-0.4, -0.2) is 42.8 Å². The van der Waals surface area contributed by atoms with Gasteiger partial charge in [-0.15, -0.1) is 0 Å². The summed E-state index contributed by atoms with van der Waals surface area (Å²) in [5, 5.41) is 2.78. The van der Waals surface area contributed by atoms with Crippen LogP contribution in [0.4, 0.5) is 0 Å². The maximum atomic E-state index is 12.2. The van der Waals surface area contributed by atoms with E-state index in [1.165, 1.54) is 6.92 Å². The van der Waals surface area contributed by atoms with Gasteiger partial charge in [0.1, 0.15) is 0 Å². The Labute approximate surface area is 136 Å². The van der Waals surface area contributed by atoms with Gasteiger partial charge in [0.05, 0.1) is 24.9 Å². The molecule has 0 aromatic carbocycles. The molecule has 3 N–H and O–H groups in total. The topological polar surface area (TPSA) is 90.6 Å². The van der Waals surface area contributed by atoms with Gasteiger partial charge in [-0.3, -0.25) is 4.79 Å². The summed E-state index contributed by atoms with van der Waals surface area (Å²) in [5.41, 5.74) is 6.40. The van der Waals surface area contributed by atoms with Crippen molar-refractivity contribution in [2.75, 3.05) is 6.61 Å². The van der Waals surface area contributed by atoms with E-state index in [0.717, 1.165) is 12.8 Å². The van der Waals surface area contributed by atoms with Crippen LogP contribution in [0.3, 0.4) is 0 Å². The van der Waals surface area contributed by atoms with E-state index in [0.29, 0.717) is 0 Å². The smallest absolute Gasteiger partial charge is 0.333 e. The highest BCUT2D eigenvalue weighted by Crippen LogP contribution is 2.24. The van der Waals surface area contributed by atoms with E-state index in [1.54, 1.807) is 6.08 Å². The summed E-state index contributed by atoms with van der Waals surface area (Å²) in [6, 6.07) is -0.999. The molecule has 1 aliphatic rings. The molecule has 0 fully saturated rings. The third-order valence-corrected chi connectivity index (χ3v) is 3.73. The molecule has 0 saturated carbocycles. The van der Waals surface area contributed by atoms with E-state index >= 15 is 0 Å². The van der Waals surface area contributed by atoms with Crippen molar-refractivity contribution in [2.24, 2.45) is 5.73 Å². The molecule has 1 amide bonds. The predicted octanol–water partition coefficient (Wildman–Crippen LogP) is 1.29. The molecule has 6 heteroatoms. The highest BCUT2D eigenvalue weighted by atomic mass is 16.5. The van der Waals surface area contributed by atoms with Crippen molar-refractivity contribution in [3.05, 3.63) is 11.6 Å². The van der Waals surface area contributed by atoms with Crippen molar-refractivity contribution in [1.29, 1.82) is 0 Å². The molecular weight excluding hydrogens is 284 g/mol. The molecule has 0 aromatic heterocycles. The van der Waals surface area contributed by atoms with Crippen LogP contribution >= 0.6 is 0 Å². The Morgan fingerprint density at radius 1 is 1.50 bits per heavy atom. The second-order valence-electron chi connectivity index (χ2n) is 5.40. The standard InChI is InChI=1S/C16H28N2O4/c1-5-12(6-2)22-14-9-11(16(20)21-7-3)8-13(17)15(14)18-10(4)19/h9,12-15H,5-8,17H2,1-4H3,(H,18,19)/t13-,14+,15+/m0/s1/i3D3. The molecule has 126 valence electrons. The molecular formula is C16H28N2O4. The van der Waals surface area contributed by atoms with Gasteiger partial charge in [-0.25, -0.2) is 4.79 Å². The molecule has 1 rings (SSSR count). The minimum Gasteiger partial charge on any atom is -0.463 e. The van der Waals surface area contributed by atoms with Crippen LogP contribution in [0.15, 0.2) is 11.6 Å². The van der Waals surface area contributed by atoms with Gasteiger partial charge in [-0.1, -0.05) is 13.8 Å². The SMILES string of the molecule is [2H]C([2H])([2H])COC(=O)C1=C[C@@H](OC(CC)CC)[C@H](NC(C)=O)[C@@H](N)C1. The molecule has 0 spiro atoms. The summed E-state index contributed by atoms with van der Waals surface area (Å²) in [7, 11) is 0. The monoisotopic (exact) mass is 315 g/mol. The molecule has 0 saturated heterocycles. The number of carbonyl (C=O) groups is 2. The van der Waals surface area contributed by atoms with Crippen molar-refractivity contribution < 1.29 is 23.2 Å². The molecule has 3 atom stereocenters. The van der Waals surface area contributed by atoms with E-state index in [1.807, 2.05) is 13.8 Å². The van der Waals surface area contributed by atoms with Crippen LogP contribution in [-0.2, 0) is 19.1 Å². The average molecular weight is 315 g/mol. The normalized spacial score (nSPS) is 27.4. The lowest BCUT2D eigenvalue weighted by Gasteiger charge is -2.36. The quantitative estimate of drug-likeness (QED) is 0.691. The Kier molecular flexibility index (Phi) is 5.75. The molecule has 22 heavy (non-hydrogen) atoms. The first-order valence-corrected chi connectivity index (χ1v) is 7.63. The maximum absolute atomic E-state index is 12.2. The maximum Gasteiger partial charge on any atom is 0.333 e. The van der Waals surface area contributed by atoms with E-state index in [-0.39, 0.29) is 24.0 Å². The fourth-order valence-corrected chi connectivity index (χ4v) is 2.56. The van der Waals surface area contributed by atoms with E-state index in [2.05, 4.69) is 5.32 Å². The minimum absolute atomic E-state index is 0.0394. The van der Waals surface area contributed by atoms with Gasteiger partial charge in [0, 0.05) is 22.7 Å². The lowest BCUT2D eigenvalue weighted by molar-refractivity contribution is -0.139. The van der Waals surface area contributed by atoms with Crippen molar-refractivity contribution in [3.8, 4) is 0 Å². The highest BCUT2D eigenvalue weighted by molar-refractivity contribution is 5.89. The Hall–Kier alpha value is -1.40. The number of hydrogen-bond donors (Lipinski definition) is 2. The zero-order valence-corrected chi connectivity index (χ0v) is 13.4. The fourth-order valence-electron chi connectivity index (χ4n) is 2.56. The van der Waals surface area contributed by atoms with Crippen LogP contribution in [0.2, 0.25) is 0 Å². The number of amides is 1. The predicted molar refractivity (Wildman–Crippen MR) is 84.2 cm³/mol. The molecule has 6 nitrogen and oxygen atoms in total. The Balaban J connectivity index is 2.96. The second kappa shape index (κ2) is 8.90. The molecule has 0 aliphatic heterocycles. The van der Waals surface area contributed by atoms with Gasteiger partial charge in [-0.2, -0.15) is 0 Å². The third kappa shape index (κ3) is 5.10. The first-order chi connectivity index (χ1) is 11.6. The lowest BCUT2D eigenvalue weighted by atomic mass is 9.88. The van der Waals surface area contributed by atoms with E-state index in [9.17, 15) is 9.59 Å². The zero-order chi connectivity index (χ0) is 19.2. The van der Waals surface area contributed by atoms with Crippen molar-refractivity contribution >= 4 is 11.9 Å². The Morgan fingerprint density at radius 3 is 2.73 bits per heavy atom. The van der Waals surface area contributed by atoms with Crippen LogP contribution in [0.25, 0.3) is 0 Å². The van der Waals surface area contributed by atoms with Gasteiger partial charge in [-0.05, 0) is 32.2 Å². The molecule has 0 aromatic rings. The van der Waals surface area contributed by atoms with Crippen LogP contribution < -0.4 is 11.1 Å². The summed E-state index contributed by atoms with van der Waals surface area (Å²) in [6.07, 6.45) is 2.71. The highest BCUT2D eigenvalue weighted by Gasteiger charge is 2.35. The molecule has 0 radical (unpaired) electrons. The summed E-state index contributed by atoms with van der Waals surface area (Å²) in [4.78, 5) is 23.6. The van der Waals surface area contributed by atoms with Crippen molar-refractivity contribution in [3.63, 3.8) is 0 Å². The van der Waals surface area contributed by atoms with Crippen molar-refractivity contribution in [2.45, 2.75) is 71.2 Å². The average Bonchev–Trinajstić information content (AvgIpc) is 2.51. The van der Waals surface area contributed by atoms with Crippen LogP contribution in [0.1, 0.15) is 51.0 Å². The summed E-state index contributed by atoms with van der Waals surface area (Å²) in [5.74, 6) is -0.952. The summed E-state index contributed by atoms with van der Waals surface area (Å²) < 4.78 is 32.2. The summed E-state index contributed by atoms with van der Waals surface area (Å²) in [6.45, 7) is 2.35. The van der Waals surface area contributed by atoms with Crippen molar-refractivity contribution in [1.82, 2.24) is 5.32 Å². The molecule has 0 heterocycles. The van der Waals surface area contributed by atoms with Gasteiger partial charge in [0.2, 0.25) is 5.91 Å². The van der Waals surface area contributed by atoms with Gasteiger partial charge >= 0.3 is 5.97 Å². The fraction of sp³-hybridized carbons (Fsp3) is 0.750. The molecule has 1 aliphatic carbocycles. The number of nitrogens with one attached hydrogen (secondary N) is 1.